The van der Waals surface area contributed by atoms with Crippen LogP contribution in [0.1, 0.15) is 11.1 Å². The second-order valence-corrected chi connectivity index (χ2v) is 4.88. The summed E-state index contributed by atoms with van der Waals surface area (Å²) in [7, 11) is 0. The zero-order valence-electron chi connectivity index (χ0n) is 9.63. The van der Waals surface area contributed by atoms with Crippen molar-refractivity contribution in [1.29, 1.82) is 0 Å². The van der Waals surface area contributed by atoms with Gasteiger partial charge in [-0.1, -0.05) is 60.7 Å². The first-order chi connectivity index (χ1) is 8.33. The number of rotatable bonds is 3. The minimum atomic E-state index is 1.03. The number of hydrogen-bond acceptors (Lipinski definition) is 2. The zero-order valence-corrected chi connectivity index (χ0v) is 11.3. The molecule has 0 fully saturated rings. The minimum Gasteiger partial charge on any atom is -0.142 e. The van der Waals surface area contributed by atoms with Gasteiger partial charge < -0.3 is 0 Å². The van der Waals surface area contributed by atoms with Crippen LogP contribution in [-0.4, -0.2) is 6.26 Å². The Labute approximate surface area is 112 Å². The van der Waals surface area contributed by atoms with Crippen LogP contribution in [0.2, 0.25) is 0 Å². The van der Waals surface area contributed by atoms with Gasteiger partial charge in [-0.25, -0.2) is 0 Å². The summed E-state index contributed by atoms with van der Waals surface area (Å²) < 4.78 is 0. The van der Waals surface area contributed by atoms with Gasteiger partial charge >= 0.3 is 0 Å². The summed E-state index contributed by atoms with van der Waals surface area (Å²) in [5.41, 5.74) is 2.37. The molecular weight excluding hydrogens is 244 g/mol. The predicted octanol–water partition coefficient (Wildman–Crippen LogP) is 4.81. The second-order valence-electron chi connectivity index (χ2n) is 3.61. The highest BCUT2D eigenvalue weighted by molar-refractivity contribution is 8.09. The molecule has 2 aromatic carbocycles. The molecule has 0 atom stereocenters. The molecule has 0 aliphatic heterocycles. The van der Waals surface area contributed by atoms with Crippen molar-refractivity contribution in [2.24, 2.45) is 0 Å². The van der Waals surface area contributed by atoms with Gasteiger partial charge in [0.25, 0.3) is 0 Å². The zero-order chi connectivity index (χ0) is 12.1. The summed E-state index contributed by atoms with van der Waals surface area (Å²) in [5.74, 6) is 0. The second kappa shape index (κ2) is 5.99. The predicted molar refractivity (Wildman–Crippen MR) is 82.2 cm³/mol. The summed E-state index contributed by atoms with van der Waals surface area (Å²) in [5, 5.41) is 0. The molecule has 86 valence electrons. The van der Waals surface area contributed by atoms with E-state index in [-0.39, 0.29) is 0 Å². The van der Waals surface area contributed by atoms with Crippen LogP contribution in [0.3, 0.4) is 0 Å². The molecule has 0 amide bonds. The summed E-state index contributed by atoms with van der Waals surface area (Å²) in [6, 6.07) is 20.6. The van der Waals surface area contributed by atoms with E-state index in [0.717, 1.165) is 10.5 Å². The fourth-order valence-corrected chi connectivity index (χ4v) is 2.90. The highest BCUT2D eigenvalue weighted by Gasteiger charge is 2.06. The van der Waals surface area contributed by atoms with Crippen molar-refractivity contribution >= 4 is 34.2 Å². The van der Waals surface area contributed by atoms with E-state index in [9.17, 15) is 0 Å². The molecule has 0 bridgehead atoms. The molecule has 0 saturated carbocycles. The SMILES string of the molecule is CS/C(=C(/S)c1ccccc1)c1ccccc1. The maximum atomic E-state index is 4.66. The lowest BCUT2D eigenvalue weighted by atomic mass is 10.1. The summed E-state index contributed by atoms with van der Waals surface area (Å²) in [6.45, 7) is 0. The van der Waals surface area contributed by atoms with Crippen molar-refractivity contribution in [3.8, 4) is 0 Å². The van der Waals surface area contributed by atoms with Crippen molar-refractivity contribution < 1.29 is 0 Å². The van der Waals surface area contributed by atoms with Crippen molar-refractivity contribution in [2.45, 2.75) is 0 Å². The van der Waals surface area contributed by atoms with Gasteiger partial charge in [-0.15, -0.1) is 24.4 Å². The minimum absolute atomic E-state index is 1.03. The Balaban J connectivity index is 2.48. The standard InChI is InChI=1S/C15H14S2/c1-17-15(13-10-6-3-7-11-13)14(16)12-8-4-2-5-9-12/h2-11,16H,1H3/b15-14+. The van der Waals surface area contributed by atoms with Gasteiger partial charge in [0.05, 0.1) is 0 Å². The molecule has 0 unspecified atom stereocenters. The Bertz CT molecular complexity index is 501. The summed E-state index contributed by atoms with van der Waals surface area (Å²) in [4.78, 5) is 2.24. The van der Waals surface area contributed by atoms with Crippen molar-refractivity contribution in [2.75, 3.05) is 6.26 Å². The first kappa shape index (κ1) is 12.3. The molecule has 0 radical (unpaired) electrons. The fraction of sp³-hybridized carbons (Fsp3) is 0.0667. The van der Waals surface area contributed by atoms with Gasteiger partial charge in [-0.05, 0) is 17.4 Å². The number of thioether (sulfide) groups is 1. The maximum Gasteiger partial charge on any atom is 0.0281 e. The van der Waals surface area contributed by atoms with Crippen LogP contribution in [0.4, 0.5) is 0 Å². The van der Waals surface area contributed by atoms with Crippen molar-refractivity contribution in [3.05, 3.63) is 71.8 Å². The van der Waals surface area contributed by atoms with Gasteiger partial charge in [0, 0.05) is 9.81 Å². The van der Waals surface area contributed by atoms with E-state index < -0.39 is 0 Å². The Morgan fingerprint density at radius 2 is 1.29 bits per heavy atom. The molecule has 17 heavy (non-hydrogen) atoms. The van der Waals surface area contributed by atoms with Gasteiger partial charge in [-0.3, -0.25) is 0 Å². The molecule has 2 heteroatoms. The fourth-order valence-electron chi connectivity index (χ4n) is 1.67. The monoisotopic (exact) mass is 258 g/mol. The third-order valence-corrected chi connectivity index (χ3v) is 3.98. The van der Waals surface area contributed by atoms with Crippen LogP contribution in [0.5, 0.6) is 0 Å². The first-order valence-corrected chi connectivity index (χ1v) is 7.08. The third kappa shape index (κ3) is 2.96. The smallest absolute Gasteiger partial charge is 0.0281 e. The van der Waals surface area contributed by atoms with Crippen molar-refractivity contribution in [3.63, 3.8) is 0 Å². The molecule has 0 aliphatic carbocycles. The summed E-state index contributed by atoms with van der Waals surface area (Å²) >= 11 is 6.39. The van der Waals surface area contributed by atoms with Gasteiger partial charge in [-0.2, -0.15) is 0 Å². The topological polar surface area (TPSA) is 0 Å². The van der Waals surface area contributed by atoms with Gasteiger partial charge in [0.1, 0.15) is 0 Å². The molecule has 0 aromatic heterocycles. The average molecular weight is 258 g/mol. The van der Waals surface area contributed by atoms with E-state index in [1.807, 2.05) is 24.3 Å². The van der Waals surface area contributed by atoms with Crippen molar-refractivity contribution in [1.82, 2.24) is 0 Å². The van der Waals surface area contributed by atoms with Crippen LogP contribution in [0, 0.1) is 0 Å². The van der Waals surface area contributed by atoms with Crippen LogP contribution < -0.4 is 0 Å². The Morgan fingerprint density at radius 1 is 0.824 bits per heavy atom. The third-order valence-electron chi connectivity index (χ3n) is 2.50. The number of benzene rings is 2. The molecule has 2 aromatic rings. The molecule has 2 rings (SSSR count). The molecule has 0 nitrogen and oxygen atoms in total. The Morgan fingerprint density at radius 3 is 1.76 bits per heavy atom. The van der Waals surface area contributed by atoms with Gasteiger partial charge in [0.2, 0.25) is 0 Å². The lowest BCUT2D eigenvalue weighted by molar-refractivity contribution is 1.63. The average Bonchev–Trinajstić information content (AvgIpc) is 2.42. The van der Waals surface area contributed by atoms with Crippen LogP contribution in [0.25, 0.3) is 9.81 Å². The lowest BCUT2D eigenvalue weighted by Crippen LogP contribution is -1.84. The van der Waals surface area contributed by atoms with Gasteiger partial charge in [0.15, 0.2) is 0 Å². The molecule has 0 heterocycles. The van der Waals surface area contributed by atoms with Crippen LogP contribution in [0.15, 0.2) is 60.7 Å². The molecule has 0 saturated heterocycles. The van der Waals surface area contributed by atoms with Crippen LogP contribution >= 0.6 is 24.4 Å². The maximum absolute atomic E-state index is 4.66. The first-order valence-electron chi connectivity index (χ1n) is 5.41. The largest absolute Gasteiger partial charge is 0.142 e. The van der Waals surface area contributed by atoms with E-state index in [4.69, 9.17) is 0 Å². The molecular formula is C15H14S2. The molecule has 0 N–H and O–H groups in total. The quantitative estimate of drug-likeness (QED) is 0.609. The Hall–Kier alpha value is -1.12. The van der Waals surface area contributed by atoms with E-state index in [1.54, 1.807) is 11.8 Å². The van der Waals surface area contributed by atoms with E-state index in [1.165, 1.54) is 10.5 Å². The lowest BCUT2D eigenvalue weighted by Gasteiger charge is -2.09. The van der Waals surface area contributed by atoms with E-state index >= 15 is 0 Å². The normalized spacial score (nSPS) is 12.1. The number of thiol groups is 1. The molecule has 0 spiro atoms. The Kier molecular flexibility index (Phi) is 4.35. The number of hydrogen-bond donors (Lipinski definition) is 1. The highest BCUT2D eigenvalue weighted by atomic mass is 32.2. The highest BCUT2D eigenvalue weighted by Crippen LogP contribution is 2.35. The van der Waals surface area contributed by atoms with E-state index in [2.05, 4.69) is 55.3 Å². The molecule has 0 aliphatic rings. The summed E-state index contributed by atoms with van der Waals surface area (Å²) in [6.07, 6.45) is 2.08. The van der Waals surface area contributed by atoms with Crippen LogP contribution in [-0.2, 0) is 0 Å². The van der Waals surface area contributed by atoms with E-state index in [0.29, 0.717) is 0 Å².